The Hall–Kier alpha value is -2.38. The number of benzene rings is 2. The number of anilines is 1. The Kier molecular flexibility index (Phi) is 6.98. The number of halogens is 1. The lowest BCUT2D eigenvalue weighted by atomic mass is 10.2. The van der Waals surface area contributed by atoms with Gasteiger partial charge in [0.1, 0.15) is 0 Å². The Morgan fingerprint density at radius 2 is 1.74 bits per heavy atom. The van der Waals surface area contributed by atoms with Crippen LogP contribution in [0, 0.1) is 13.8 Å². The van der Waals surface area contributed by atoms with Gasteiger partial charge < -0.3 is 10.1 Å². The minimum Gasteiger partial charge on any atom is -0.456 e. The van der Waals surface area contributed by atoms with Gasteiger partial charge >= 0.3 is 5.97 Å². The zero-order chi connectivity index (χ0) is 20.0. The van der Waals surface area contributed by atoms with E-state index in [0.717, 1.165) is 11.1 Å². The van der Waals surface area contributed by atoms with Crippen LogP contribution in [0.1, 0.15) is 17.5 Å². The van der Waals surface area contributed by atoms with E-state index in [0.29, 0.717) is 10.7 Å². The van der Waals surface area contributed by atoms with Crippen LogP contribution in [0.4, 0.5) is 5.69 Å². The molecule has 0 saturated carbocycles. The highest BCUT2D eigenvalue weighted by Gasteiger charge is 2.17. The summed E-state index contributed by atoms with van der Waals surface area (Å²) < 4.78 is 29.2. The molecule has 2 aromatic carbocycles. The van der Waals surface area contributed by atoms with Crippen LogP contribution in [0.15, 0.2) is 47.4 Å². The monoisotopic (exact) mass is 409 g/mol. The summed E-state index contributed by atoms with van der Waals surface area (Å²) >= 11 is 5.85. The second kappa shape index (κ2) is 9.01. The summed E-state index contributed by atoms with van der Waals surface area (Å²) in [6.45, 7) is 3.14. The molecule has 0 aliphatic heterocycles. The number of esters is 1. The molecule has 1 N–H and O–H groups in total. The predicted octanol–water partition coefficient (Wildman–Crippen LogP) is 3.30. The molecule has 6 nitrogen and oxygen atoms in total. The Labute approximate surface area is 163 Å². The van der Waals surface area contributed by atoms with Crippen molar-refractivity contribution in [2.24, 2.45) is 0 Å². The Balaban J connectivity index is 1.81. The van der Waals surface area contributed by atoms with Crippen molar-refractivity contribution >= 4 is 39.0 Å². The number of sulfone groups is 1. The van der Waals surface area contributed by atoms with Crippen molar-refractivity contribution < 1.29 is 22.7 Å². The van der Waals surface area contributed by atoms with Crippen molar-refractivity contribution in [1.82, 2.24) is 0 Å². The van der Waals surface area contributed by atoms with Crippen molar-refractivity contribution in [3.63, 3.8) is 0 Å². The third-order valence-corrected chi connectivity index (χ3v) is 5.75. The molecule has 1 amide bonds. The van der Waals surface area contributed by atoms with Crippen LogP contribution in [0.2, 0.25) is 5.02 Å². The first kappa shape index (κ1) is 20.9. The molecule has 2 rings (SSSR count). The summed E-state index contributed by atoms with van der Waals surface area (Å²) in [6, 6.07) is 11.3. The normalized spacial score (nSPS) is 11.1. The van der Waals surface area contributed by atoms with E-state index in [1.165, 1.54) is 12.1 Å². The molecule has 0 aliphatic rings. The van der Waals surface area contributed by atoms with E-state index >= 15 is 0 Å². The fourth-order valence-corrected chi connectivity index (χ4v) is 3.70. The van der Waals surface area contributed by atoms with Gasteiger partial charge in [-0.1, -0.05) is 29.3 Å². The molecule has 0 saturated heterocycles. The summed E-state index contributed by atoms with van der Waals surface area (Å²) in [5.41, 5.74) is 2.27. The molecule has 0 atom stereocenters. The fourth-order valence-electron chi connectivity index (χ4n) is 2.25. The molecule has 0 fully saturated rings. The first-order valence-corrected chi connectivity index (χ1v) is 10.2. The lowest BCUT2D eigenvalue weighted by Crippen LogP contribution is -2.22. The summed E-state index contributed by atoms with van der Waals surface area (Å²) in [7, 11) is -3.58. The van der Waals surface area contributed by atoms with Crippen LogP contribution >= 0.6 is 11.6 Å². The maximum Gasteiger partial charge on any atom is 0.307 e. The number of carbonyl (C=O) groups is 2. The summed E-state index contributed by atoms with van der Waals surface area (Å²) in [4.78, 5) is 23.8. The minimum absolute atomic E-state index is 0.150. The number of hydrogen-bond donors (Lipinski definition) is 1. The van der Waals surface area contributed by atoms with Gasteiger partial charge in [0, 0.05) is 10.7 Å². The van der Waals surface area contributed by atoms with Crippen LogP contribution in [-0.4, -0.2) is 32.7 Å². The summed E-state index contributed by atoms with van der Waals surface area (Å²) in [5, 5.41) is 3.15. The van der Waals surface area contributed by atoms with Crippen LogP contribution in [0.5, 0.6) is 0 Å². The molecule has 27 heavy (non-hydrogen) atoms. The van der Waals surface area contributed by atoms with Gasteiger partial charge in [-0.2, -0.15) is 0 Å². The van der Waals surface area contributed by atoms with E-state index in [4.69, 9.17) is 16.3 Å². The van der Waals surface area contributed by atoms with Gasteiger partial charge in [-0.25, -0.2) is 8.42 Å². The average Bonchev–Trinajstić information content (AvgIpc) is 2.61. The van der Waals surface area contributed by atoms with Gasteiger partial charge in [0.25, 0.3) is 5.91 Å². The topological polar surface area (TPSA) is 89.5 Å². The molecular weight excluding hydrogens is 390 g/mol. The largest absolute Gasteiger partial charge is 0.456 e. The zero-order valence-corrected chi connectivity index (χ0v) is 16.6. The smallest absolute Gasteiger partial charge is 0.307 e. The van der Waals surface area contributed by atoms with Gasteiger partial charge in [0.2, 0.25) is 0 Å². The number of nitrogens with one attached hydrogen (secondary N) is 1. The van der Waals surface area contributed by atoms with Crippen molar-refractivity contribution in [3.8, 4) is 0 Å². The van der Waals surface area contributed by atoms with E-state index < -0.39 is 28.3 Å². The van der Waals surface area contributed by atoms with E-state index in [1.54, 1.807) is 37.3 Å². The molecule has 0 unspecified atom stereocenters. The van der Waals surface area contributed by atoms with Crippen LogP contribution < -0.4 is 5.32 Å². The number of carbonyl (C=O) groups excluding carboxylic acids is 2. The van der Waals surface area contributed by atoms with Crippen LogP contribution in [-0.2, 0) is 24.2 Å². The number of amides is 1. The zero-order valence-electron chi connectivity index (χ0n) is 15.0. The molecule has 8 heteroatoms. The van der Waals surface area contributed by atoms with Crippen molar-refractivity contribution in [2.45, 2.75) is 25.2 Å². The van der Waals surface area contributed by atoms with Crippen molar-refractivity contribution in [2.75, 3.05) is 17.7 Å². The van der Waals surface area contributed by atoms with Gasteiger partial charge in [0.15, 0.2) is 16.4 Å². The summed E-state index contributed by atoms with van der Waals surface area (Å²) in [6.07, 6.45) is -0.330. The maximum atomic E-state index is 12.2. The highest BCUT2D eigenvalue weighted by molar-refractivity contribution is 7.91. The highest BCUT2D eigenvalue weighted by Crippen LogP contribution is 2.19. The Morgan fingerprint density at radius 1 is 1.07 bits per heavy atom. The van der Waals surface area contributed by atoms with Gasteiger partial charge in [-0.3, -0.25) is 9.59 Å². The molecule has 0 heterocycles. The van der Waals surface area contributed by atoms with E-state index in [-0.39, 0.29) is 17.1 Å². The molecule has 0 spiro atoms. The average molecular weight is 410 g/mol. The predicted molar refractivity (Wildman–Crippen MR) is 104 cm³/mol. The first-order valence-electron chi connectivity index (χ1n) is 8.18. The van der Waals surface area contributed by atoms with Crippen molar-refractivity contribution in [1.29, 1.82) is 0 Å². The Morgan fingerprint density at radius 3 is 2.37 bits per heavy atom. The molecule has 0 radical (unpaired) electrons. The Bertz CT molecular complexity index is 939. The number of hydrogen-bond acceptors (Lipinski definition) is 5. The maximum absolute atomic E-state index is 12.2. The second-order valence-corrected chi connectivity index (χ2v) is 8.60. The first-order chi connectivity index (χ1) is 12.7. The van der Waals surface area contributed by atoms with Crippen LogP contribution in [0.25, 0.3) is 0 Å². The molecule has 144 valence electrons. The second-order valence-electron chi connectivity index (χ2n) is 6.05. The molecule has 0 aliphatic carbocycles. The third kappa shape index (κ3) is 6.37. The standard InChI is InChI=1S/C19H20ClNO5S/c1-13-3-6-16(7-4-13)27(24,25)10-9-19(23)26-12-18(22)21-17-8-5-15(20)11-14(17)2/h3-8,11H,9-10,12H2,1-2H3,(H,21,22). The van der Waals surface area contributed by atoms with E-state index in [2.05, 4.69) is 5.32 Å². The summed E-state index contributed by atoms with van der Waals surface area (Å²) in [5.74, 6) is -1.66. The van der Waals surface area contributed by atoms with E-state index in [9.17, 15) is 18.0 Å². The third-order valence-electron chi connectivity index (χ3n) is 3.78. The van der Waals surface area contributed by atoms with Gasteiger partial charge in [-0.05, 0) is 49.7 Å². The molecule has 0 aromatic heterocycles. The van der Waals surface area contributed by atoms with Crippen LogP contribution in [0.3, 0.4) is 0 Å². The quantitative estimate of drug-likeness (QED) is 0.708. The van der Waals surface area contributed by atoms with E-state index in [1.807, 2.05) is 6.92 Å². The number of ether oxygens (including phenoxy) is 1. The molecule has 2 aromatic rings. The van der Waals surface area contributed by atoms with Crippen molar-refractivity contribution in [3.05, 3.63) is 58.6 Å². The molecule has 0 bridgehead atoms. The number of aryl methyl sites for hydroxylation is 2. The SMILES string of the molecule is Cc1ccc(S(=O)(=O)CCC(=O)OCC(=O)Nc2ccc(Cl)cc2C)cc1. The fraction of sp³-hybridized carbons (Fsp3) is 0.263. The minimum atomic E-state index is -3.58. The highest BCUT2D eigenvalue weighted by atomic mass is 35.5. The lowest BCUT2D eigenvalue weighted by Gasteiger charge is -2.09. The number of rotatable bonds is 7. The van der Waals surface area contributed by atoms with Gasteiger partial charge in [0.05, 0.1) is 17.1 Å². The lowest BCUT2D eigenvalue weighted by molar-refractivity contribution is -0.146. The van der Waals surface area contributed by atoms with Gasteiger partial charge in [-0.15, -0.1) is 0 Å². The molecular formula is C19H20ClNO5S.